The quantitative estimate of drug-likeness (QED) is 0.403. The molecule has 0 saturated carbocycles. The third-order valence-corrected chi connectivity index (χ3v) is 2.45. The minimum atomic E-state index is -1.30. The van der Waals surface area contributed by atoms with E-state index in [1.54, 1.807) is 17.0 Å². The third kappa shape index (κ3) is 1.58. The molecule has 0 aromatic heterocycles. The zero-order chi connectivity index (χ0) is 12.6. The monoisotopic (exact) mass is 252 g/mol. The third-order valence-electron chi connectivity index (χ3n) is 2.28. The van der Waals surface area contributed by atoms with E-state index in [2.05, 4.69) is 0 Å². The van der Waals surface area contributed by atoms with Crippen LogP contribution in [-0.2, 0) is 9.59 Å². The number of amides is 4. The van der Waals surface area contributed by atoms with Gasteiger partial charge in [0.25, 0.3) is 11.8 Å². The predicted octanol–water partition coefficient (Wildman–Crippen LogP) is 0.0792. The van der Waals surface area contributed by atoms with E-state index in [0.29, 0.717) is 0 Å². The van der Waals surface area contributed by atoms with Gasteiger partial charge in [-0.3, -0.25) is 24.0 Å². The van der Waals surface area contributed by atoms with Gasteiger partial charge < -0.3 is 0 Å². The van der Waals surface area contributed by atoms with Gasteiger partial charge in [0, 0.05) is 11.8 Å². The number of imide groups is 3. The first kappa shape index (κ1) is 11.3. The van der Waals surface area contributed by atoms with E-state index in [9.17, 15) is 19.2 Å². The SMILES string of the molecule is O=C(NCl)C(=O)N1C(=O)c2ccccc2C1=O. The number of benzene rings is 1. The van der Waals surface area contributed by atoms with Crippen molar-refractivity contribution < 1.29 is 19.2 Å². The molecule has 0 radical (unpaired) electrons. The molecule has 1 aliphatic heterocycles. The first-order chi connectivity index (χ1) is 8.07. The molecule has 1 aromatic rings. The largest absolute Gasteiger partial charge is 0.327 e. The summed E-state index contributed by atoms with van der Waals surface area (Å²) in [5.41, 5.74) is 0.182. The van der Waals surface area contributed by atoms with Gasteiger partial charge in [0.1, 0.15) is 0 Å². The number of carbonyl (C=O) groups excluding carboxylic acids is 4. The van der Waals surface area contributed by atoms with Crippen molar-refractivity contribution in [2.24, 2.45) is 0 Å². The molecular formula is C10H5ClN2O4. The van der Waals surface area contributed by atoms with Crippen molar-refractivity contribution in [3.05, 3.63) is 35.4 Å². The molecule has 1 heterocycles. The number of fused-ring (bicyclic) bond motifs is 1. The van der Waals surface area contributed by atoms with Crippen LogP contribution < -0.4 is 4.84 Å². The molecule has 0 unspecified atom stereocenters. The Hall–Kier alpha value is -2.21. The fourth-order valence-electron chi connectivity index (χ4n) is 1.52. The van der Waals surface area contributed by atoms with Crippen molar-refractivity contribution in [1.82, 2.24) is 9.74 Å². The second kappa shape index (κ2) is 3.99. The first-order valence-corrected chi connectivity index (χ1v) is 4.88. The summed E-state index contributed by atoms with van der Waals surface area (Å²) in [6.45, 7) is 0. The van der Waals surface area contributed by atoms with E-state index < -0.39 is 23.6 Å². The minimum absolute atomic E-state index is 0.0909. The second-order valence-corrected chi connectivity index (χ2v) is 3.41. The number of hydrogen-bond donors (Lipinski definition) is 1. The molecule has 2 rings (SSSR count). The van der Waals surface area contributed by atoms with Crippen LogP contribution in [0.25, 0.3) is 0 Å². The Bertz CT molecular complexity index is 520. The molecule has 7 heteroatoms. The number of halogens is 1. The molecular weight excluding hydrogens is 248 g/mol. The van der Waals surface area contributed by atoms with E-state index in [1.165, 1.54) is 12.1 Å². The molecule has 0 aliphatic carbocycles. The standard InChI is InChI=1S/C10H5ClN2O4/c11-12-7(14)10(17)13-8(15)5-3-1-2-4-6(5)9(13)16/h1-4H,(H,12,14). The van der Waals surface area contributed by atoms with Crippen LogP contribution in [0.5, 0.6) is 0 Å². The van der Waals surface area contributed by atoms with Gasteiger partial charge in [-0.2, -0.15) is 0 Å². The lowest BCUT2D eigenvalue weighted by molar-refractivity contribution is -0.141. The van der Waals surface area contributed by atoms with E-state index in [1.807, 2.05) is 0 Å². The Morgan fingerprint density at radius 3 is 1.94 bits per heavy atom. The van der Waals surface area contributed by atoms with Crippen LogP contribution in [0.4, 0.5) is 0 Å². The number of carbonyl (C=O) groups is 4. The maximum Gasteiger partial charge on any atom is 0.327 e. The van der Waals surface area contributed by atoms with Gasteiger partial charge in [0.05, 0.1) is 11.1 Å². The van der Waals surface area contributed by atoms with Crippen molar-refractivity contribution in [1.29, 1.82) is 0 Å². The number of rotatable bonds is 0. The summed E-state index contributed by atoms with van der Waals surface area (Å²) in [6.07, 6.45) is 0. The molecule has 4 amide bonds. The summed E-state index contributed by atoms with van der Waals surface area (Å²) < 4.78 is 0. The molecule has 0 spiro atoms. The number of nitrogens with one attached hydrogen (secondary N) is 1. The summed E-state index contributed by atoms with van der Waals surface area (Å²) in [5.74, 6) is -4.18. The van der Waals surface area contributed by atoms with Gasteiger partial charge in [0.2, 0.25) is 0 Å². The Kier molecular flexibility index (Phi) is 2.64. The summed E-state index contributed by atoms with van der Waals surface area (Å²) in [4.78, 5) is 47.7. The highest BCUT2D eigenvalue weighted by Crippen LogP contribution is 2.22. The van der Waals surface area contributed by atoms with Crippen LogP contribution in [0, 0.1) is 0 Å². The molecule has 0 saturated heterocycles. The van der Waals surface area contributed by atoms with E-state index in [4.69, 9.17) is 11.8 Å². The van der Waals surface area contributed by atoms with Crippen LogP contribution in [0.15, 0.2) is 24.3 Å². The van der Waals surface area contributed by atoms with Crippen LogP contribution in [0.1, 0.15) is 20.7 Å². The van der Waals surface area contributed by atoms with Gasteiger partial charge in [-0.1, -0.05) is 12.1 Å². The van der Waals surface area contributed by atoms with Gasteiger partial charge in [-0.05, 0) is 12.1 Å². The predicted molar refractivity (Wildman–Crippen MR) is 55.9 cm³/mol. The summed E-state index contributed by atoms with van der Waals surface area (Å²) in [5, 5.41) is 0. The molecule has 0 fully saturated rings. The highest BCUT2D eigenvalue weighted by molar-refractivity contribution is 6.49. The Morgan fingerprint density at radius 2 is 1.53 bits per heavy atom. The molecule has 6 nitrogen and oxygen atoms in total. The van der Waals surface area contributed by atoms with Gasteiger partial charge in [0.15, 0.2) is 0 Å². The van der Waals surface area contributed by atoms with Crippen molar-refractivity contribution >= 4 is 35.4 Å². The van der Waals surface area contributed by atoms with E-state index >= 15 is 0 Å². The summed E-state index contributed by atoms with van der Waals surface area (Å²) in [6, 6.07) is 5.92. The lowest BCUT2D eigenvalue weighted by Gasteiger charge is -2.09. The van der Waals surface area contributed by atoms with Crippen molar-refractivity contribution in [2.75, 3.05) is 0 Å². The van der Waals surface area contributed by atoms with Crippen molar-refractivity contribution in [2.45, 2.75) is 0 Å². The van der Waals surface area contributed by atoms with Crippen LogP contribution in [-0.4, -0.2) is 28.5 Å². The zero-order valence-electron chi connectivity index (χ0n) is 8.27. The lowest BCUT2D eigenvalue weighted by Crippen LogP contribution is -2.43. The summed E-state index contributed by atoms with van der Waals surface area (Å²) >= 11 is 4.96. The zero-order valence-corrected chi connectivity index (χ0v) is 9.02. The molecule has 86 valence electrons. The minimum Gasteiger partial charge on any atom is -0.268 e. The average Bonchev–Trinajstić information content (AvgIpc) is 2.61. The molecule has 17 heavy (non-hydrogen) atoms. The molecule has 1 N–H and O–H groups in total. The van der Waals surface area contributed by atoms with Crippen LogP contribution in [0.2, 0.25) is 0 Å². The molecule has 0 bridgehead atoms. The van der Waals surface area contributed by atoms with Crippen molar-refractivity contribution in [3.63, 3.8) is 0 Å². The fourth-order valence-corrected chi connectivity index (χ4v) is 1.60. The normalized spacial score (nSPS) is 13.6. The second-order valence-electron chi connectivity index (χ2n) is 3.22. The van der Waals surface area contributed by atoms with Gasteiger partial charge >= 0.3 is 11.8 Å². The van der Waals surface area contributed by atoms with Gasteiger partial charge in [-0.15, -0.1) is 0 Å². The summed E-state index contributed by atoms with van der Waals surface area (Å²) in [7, 11) is 0. The van der Waals surface area contributed by atoms with E-state index in [0.717, 1.165) is 0 Å². The topological polar surface area (TPSA) is 83.6 Å². The van der Waals surface area contributed by atoms with Crippen LogP contribution >= 0.6 is 11.8 Å². The smallest absolute Gasteiger partial charge is 0.268 e. The fraction of sp³-hybridized carbons (Fsp3) is 0. The Morgan fingerprint density at radius 1 is 1.06 bits per heavy atom. The maximum absolute atomic E-state index is 11.7. The van der Waals surface area contributed by atoms with Gasteiger partial charge in [-0.25, -0.2) is 4.90 Å². The average molecular weight is 253 g/mol. The highest BCUT2D eigenvalue weighted by Gasteiger charge is 2.41. The van der Waals surface area contributed by atoms with E-state index in [-0.39, 0.29) is 16.0 Å². The molecule has 0 atom stereocenters. The van der Waals surface area contributed by atoms with Crippen LogP contribution in [0.3, 0.4) is 0 Å². The maximum atomic E-state index is 11.7. The molecule has 1 aromatic carbocycles. The number of hydrogen-bond acceptors (Lipinski definition) is 4. The number of nitrogens with zero attached hydrogens (tertiary/aromatic N) is 1. The lowest BCUT2D eigenvalue weighted by atomic mass is 10.1. The Labute approximate surface area is 100 Å². The highest BCUT2D eigenvalue weighted by atomic mass is 35.5. The Balaban J connectivity index is 2.43. The molecule has 1 aliphatic rings. The van der Waals surface area contributed by atoms with Crippen molar-refractivity contribution in [3.8, 4) is 0 Å². The first-order valence-electron chi connectivity index (χ1n) is 4.50.